The molecule has 0 atom stereocenters. The molecule has 29 heavy (non-hydrogen) atoms. The number of nitrogens with zero attached hydrogens (tertiary/aromatic N) is 6. The SMILES string of the molecule is CCc1nnc2ccc(N(C)CC(=O)Nc3ccc(N4CCOCC4)cc3)nn12. The monoisotopic (exact) mass is 395 g/mol. The Bertz CT molecular complexity index is 980. The summed E-state index contributed by atoms with van der Waals surface area (Å²) >= 11 is 0. The van der Waals surface area contributed by atoms with E-state index in [0.29, 0.717) is 11.5 Å². The first-order chi connectivity index (χ1) is 14.1. The maximum absolute atomic E-state index is 12.5. The maximum Gasteiger partial charge on any atom is 0.243 e. The minimum absolute atomic E-state index is 0.104. The van der Waals surface area contributed by atoms with Crippen LogP contribution in [0.25, 0.3) is 5.65 Å². The van der Waals surface area contributed by atoms with Crippen LogP contribution in [-0.4, -0.2) is 65.6 Å². The first-order valence-electron chi connectivity index (χ1n) is 9.79. The van der Waals surface area contributed by atoms with Gasteiger partial charge in [-0.2, -0.15) is 4.52 Å². The molecule has 1 N–H and O–H groups in total. The van der Waals surface area contributed by atoms with Crippen LogP contribution in [0.2, 0.25) is 0 Å². The molecule has 9 nitrogen and oxygen atoms in total. The van der Waals surface area contributed by atoms with Gasteiger partial charge in [0.15, 0.2) is 11.5 Å². The Morgan fingerprint density at radius 3 is 2.62 bits per heavy atom. The van der Waals surface area contributed by atoms with Crippen LogP contribution in [0.5, 0.6) is 0 Å². The molecule has 4 rings (SSSR count). The number of morpholine rings is 1. The van der Waals surface area contributed by atoms with E-state index >= 15 is 0 Å². The van der Waals surface area contributed by atoms with Crippen molar-refractivity contribution in [1.29, 1.82) is 0 Å². The maximum atomic E-state index is 12.5. The minimum Gasteiger partial charge on any atom is -0.378 e. The van der Waals surface area contributed by atoms with E-state index in [0.717, 1.165) is 49.9 Å². The van der Waals surface area contributed by atoms with Gasteiger partial charge in [-0.25, -0.2) is 0 Å². The first-order valence-corrected chi connectivity index (χ1v) is 9.79. The number of ether oxygens (including phenoxy) is 1. The number of rotatable bonds is 6. The van der Waals surface area contributed by atoms with E-state index in [4.69, 9.17) is 4.74 Å². The van der Waals surface area contributed by atoms with Crippen LogP contribution < -0.4 is 15.1 Å². The standard InChI is InChI=1S/C20H25N7O2/c1-3-17-22-23-18-8-9-19(24-27(17)18)25(2)14-20(28)21-15-4-6-16(7-5-15)26-10-12-29-13-11-26/h4-9H,3,10-14H2,1-2H3,(H,21,28). The van der Waals surface area contributed by atoms with Crippen molar-refractivity contribution < 1.29 is 9.53 Å². The van der Waals surface area contributed by atoms with Gasteiger partial charge in [0, 0.05) is 37.9 Å². The molecule has 3 aromatic rings. The Balaban J connectivity index is 1.37. The zero-order chi connectivity index (χ0) is 20.2. The molecule has 1 amide bonds. The average molecular weight is 395 g/mol. The fraction of sp³-hybridized carbons (Fsp3) is 0.400. The predicted octanol–water partition coefficient (Wildman–Crippen LogP) is 1.60. The van der Waals surface area contributed by atoms with Crippen LogP contribution in [0.15, 0.2) is 36.4 Å². The average Bonchev–Trinajstić information content (AvgIpc) is 3.17. The van der Waals surface area contributed by atoms with Crippen LogP contribution in [0, 0.1) is 0 Å². The van der Waals surface area contributed by atoms with Crippen LogP contribution in [-0.2, 0) is 16.0 Å². The second-order valence-corrected chi connectivity index (χ2v) is 6.98. The summed E-state index contributed by atoms with van der Waals surface area (Å²) in [7, 11) is 1.84. The third-order valence-electron chi connectivity index (χ3n) is 4.93. The van der Waals surface area contributed by atoms with Gasteiger partial charge in [0.25, 0.3) is 0 Å². The first kappa shape index (κ1) is 19.1. The number of aryl methyl sites for hydroxylation is 1. The summed E-state index contributed by atoms with van der Waals surface area (Å²) in [5.74, 6) is 1.37. The highest BCUT2D eigenvalue weighted by Gasteiger charge is 2.13. The molecule has 0 saturated carbocycles. The molecule has 1 aliphatic rings. The van der Waals surface area contributed by atoms with Gasteiger partial charge < -0.3 is 19.9 Å². The minimum atomic E-state index is -0.104. The van der Waals surface area contributed by atoms with E-state index < -0.39 is 0 Å². The molecular formula is C20H25N7O2. The highest BCUT2D eigenvalue weighted by Crippen LogP contribution is 2.19. The number of nitrogens with one attached hydrogen (secondary N) is 1. The van der Waals surface area contributed by atoms with Crippen LogP contribution in [0.3, 0.4) is 0 Å². The molecule has 3 heterocycles. The van der Waals surface area contributed by atoms with Crippen molar-refractivity contribution in [3.05, 3.63) is 42.2 Å². The van der Waals surface area contributed by atoms with Gasteiger partial charge in [-0.15, -0.1) is 15.3 Å². The normalized spacial score (nSPS) is 14.2. The summed E-state index contributed by atoms with van der Waals surface area (Å²) in [5.41, 5.74) is 2.61. The number of anilines is 3. The summed E-state index contributed by atoms with van der Waals surface area (Å²) in [6, 6.07) is 11.6. The van der Waals surface area contributed by atoms with Crippen molar-refractivity contribution in [3.63, 3.8) is 0 Å². The van der Waals surface area contributed by atoms with E-state index in [2.05, 4.69) is 25.5 Å². The summed E-state index contributed by atoms with van der Waals surface area (Å²) in [5, 5.41) is 15.7. The molecule has 0 bridgehead atoms. The molecule has 1 saturated heterocycles. The number of hydrogen-bond donors (Lipinski definition) is 1. The third-order valence-corrected chi connectivity index (χ3v) is 4.93. The number of carbonyl (C=O) groups is 1. The van der Waals surface area contributed by atoms with E-state index in [-0.39, 0.29) is 12.5 Å². The number of fused-ring (bicyclic) bond motifs is 1. The van der Waals surface area contributed by atoms with Gasteiger partial charge in [0.1, 0.15) is 5.82 Å². The summed E-state index contributed by atoms with van der Waals surface area (Å²) < 4.78 is 7.10. The molecule has 0 unspecified atom stereocenters. The topological polar surface area (TPSA) is 87.9 Å². The number of aromatic nitrogens is 4. The number of amides is 1. The molecule has 0 radical (unpaired) electrons. The molecule has 9 heteroatoms. The smallest absolute Gasteiger partial charge is 0.243 e. The van der Waals surface area contributed by atoms with E-state index in [9.17, 15) is 4.79 Å². The summed E-state index contributed by atoms with van der Waals surface area (Å²) in [6.45, 7) is 5.47. The zero-order valence-electron chi connectivity index (χ0n) is 16.7. The lowest BCUT2D eigenvalue weighted by molar-refractivity contribution is -0.114. The molecule has 1 aliphatic heterocycles. The lowest BCUT2D eigenvalue weighted by atomic mass is 10.2. The largest absolute Gasteiger partial charge is 0.378 e. The van der Waals surface area contributed by atoms with E-state index in [1.54, 1.807) is 9.42 Å². The van der Waals surface area contributed by atoms with Gasteiger partial charge in [0.05, 0.1) is 19.8 Å². The van der Waals surface area contributed by atoms with E-state index in [1.807, 2.05) is 50.4 Å². The molecule has 0 aliphatic carbocycles. The van der Waals surface area contributed by atoms with Crippen molar-refractivity contribution in [2.24, 2.45) is 0 Å². The Morgan fingerprint density at radius 1 is 1.14 bits per heavy atom. The van der Waals surface area contributed by atoms with Gasteiger partial charge in [-0.05, 0) is 36.4 Å². The lowest BCUT2D eigenvalue weighted by Crippen LogP contribution is -2.36. The van der Waals surface area contributed by atoms with Crippen LogP contribution >= 0.6 is 0 Å². The molecular weight excluding hydrogens is 370 g/mol. The molecule has 2 aromatic heterocycles. The zero-order valence-corrected chi connectivity index (χ0v) is 16.7. The van der Waals surface area contributed by atoms with Crippen LogP contribution in [0.1, 0.15) is 12.7 Å². The second-order valence-electron chi connectivity index (χ2n) is 6.98. The fourth-order valence-electron chi connectivity index (χ4n) is 3.32. The molecule has 1 fully saturated rings. The number of hydrogen-bond acceptors (Lipinski definition) is 7. The Morgan fingerprint density at radius 2 is 1.90 bits per heavy atom. The van der Waals surface area contributed by atoms with Gasteiger partial charge in [0.2, 0.25) is 5.91 Å². The van der Waals surface area contributed by atoms with Gasteiger partial charge in [-0.1, -0.05) is 6.92 Å². The third kappa shape index (κ3) is 4.29. The number of likely N-dealkylation sites (N-methyl/N-ethyl adjacent to an activating group) is 1. The van der Waals surface area contributed by atoms with Gasteiger partial charge >= 0.3 is 0 Å². The number of benzene rings is 1. The summed E-state index contributed by atoms with van der Waals surface area (Å²) in [4.78, 5) is 16.6. The number of carbonyl (C=O) groups excluding carboxylic acids is 1. The molecule has 1 aromatic carbocycles. The van der Waals surface area contributed by atoms with Crippen molar-refractivity contribution in [1.82, 2.24) is 19.8 Å². The van der Waals surface area contributed by atoms with Crippen molar-refractivity contribution in [2.75, 3.05) is 55.0 Å². The lowest BCUT2D eigenvalue weighted by Gasteiger charge is -2.28. The highest BCUT2D eigenvalue weighted by atomic mass is 16.5. The van der Waals surface area contributed by atoms with Gasteiger partial charge in [-0.3, -0.25) is 4.79 Å². The fourth-order valence-corrected chi connectivity index (χ4v) is 3.32. The van der Waals surface area contributed by atoms with Crippen LogP contribution in [0.4, 0.5) is 17.2 Å². The Labute approximate surface area is 169 Å². The Kier molecular flexibility index (Phi) is 5.57. The quantitative estimate of drug-likeness (QED) is 0.678. The predicted molar refractivity (Wildman–Crippen MR) is 112 cm³/mol. The molecule has 152 valence electrons. The van der Waals surface area contributed by atoms with Crippen molar-refractivity contribution in [3.8, 4) is 0 Å². The van der Waals surface area contributed by atoms with Crippen molar-refractivity contribution in [2.45, 2.75) is 13.3 Å². The molecule has 0 spiro atoms. The highest BCUT2D eigenvalue weighted by molar-refractivity contribution is 5.94. The second kappa shape index (κ2) is 8.44. The van der Waals surface area contributed by atoms with E-state index in [1.165, 1.54) is 0 Å². The Hall–Kier alpha value is -3.20. The summed E-state index contributed by atoms with van der Waals surface area (Å²) in [6.07, 6.45) is 0.738. The van der Waals surface area contributed by atoms with Crippen molar-refractivity contribution >= 4 is 28.7 Å².